The lowest BCUT2D eigenvalue weighted by Gasteiger charge is -2.15. The summed E-state index contributed by atoms with van der Waals surface area (Å²) in [5, 5.41) is 13.4. The first kappa shape index (κ1) is 18.7. The average molecular weight is 364 g/mol. The highest BCUT2D eigenvalue weighted by Gasteiger charge is 2.18. The molecule has 0 bridgehead atoms. The van der Waals surface area contributed by atoms with Crippen molar-refractivity contribution in [3.63, 3.8) is 0 Å². The van der Waals surface area contributed by atoms with Crippen molar-refractivity contribution in [2.45, 2.75) is 51.1 Å². The molecule has 0 saturated heterocycles. The monoisotopic (exact) mass is 364 g/mol. The van der Waals surface area contributed by atoms with Crippen molar-refractivity contribution < 1.29 is 9.59 Å². The number of nitrogens with one attached hydrogen (secondary N) is 1. The molecule has 2 amide bonds. The Kier molecular flexibility index (Phi) is 5.92. The van der Waals surface area contributed by atoms with Gasteiger partial charge in [-0.25, -0.2) is 0 Å². The van der Waals surface area contributed by atoms with Crippen LogP contribution < -0.4 is 11.1 Å². The molecule has 2 aromatic rings. The van der Waals surface area contributed by atoms with Crippen LogP contribution in [0.3, 0.4) is 0 Å². The first-order valence-electron chi connectivity index (χ1n) is 9.37. The second kappa shape index (κ2) is 8.54. The molecule has 1 saturated carbocycles. The van der Waals surface area contributed by atoms with Gasteiger partial charge in [0.15, 0.2) is 0 Å². The largest absolute Gasteiger partial charge is 0.368 e. The summed E-state index contributed by atoms with van der Waals surface area (Å²) in [4.78, 5) is 23.9. The molecule has 0 radical (unpaired) electrons. The molecule has 140 valence electrons. The van der Waals surface area contributed by atoms with Crippen LogP contribution in [0.1, 0.15) is 44.1 Å². The number of hydrogen-bond donors (Lipinski definition) is 2. The smallest absolute Gasteiger partial charge is 0.262 e. The quantitative estimate of drug-likeness (QED) is 0.484. The summed E-state index contributed by atoms with van der Waals surface area (Å²) in [6, 6.07) is 9.69. The van der Waals surface area contributed by atoms with Crippen LogP contribution in [-0.4, -0.2) is 22.4 Å². The first-order chi connectivity index (χ1) is 13.1. The molecule has 1 heterocycles. The minimum Gasteiger partial charge on any atom is -0.368 e. The second-order valence-corrected chi connectivity index (χ2v) is 7.03. The standard InChI is InChI=1S/C21H24N4O2/c22-12-15(21(27)24-17-7-3-1-2-4-8-17)11-16-13-25(14-20(23)26)19-10-6-5-9-18(16)19/h5-6,9-11,13,17H,1-4,7-8,14H2,(H2,23,26)(H,24,27)/b15-11-. The molecule has 1 aromatic carbocycles. The van der Waals surface area contributed by atoms with Crippen LogP contribution in [0, 0.1) is 11.3 Å². The van der Waals surface area contributed by atoms with Crippen molar-refractivity contribution in [1.29, 1.82) is 5.26 Å². The number of nitrogens with two attached hydrogens (primary N) is 1. The van der Waals surface area contributed by atoms with Crippen LogP contribution in [0.5, 0.6) is 0 Å². The number of amides is 2. The van der Waals surface area contributed by atoms with E-state index in [2.05, 4.69) is 5.32 Å². The Labute approximate surface area is 158 Å². The van der Waals surface area contributed by atoms with Gasteiger partial charge in [-0.1, -0.05) is 43.9 Å². The van der Waals surface area contributed by atoms with Crippen LogP contribution in [-0.2, 0) is 16.1 Å². The van der Waals surface area contributed by atoms with Crippen LogP contribution >= 0.6 is 0 Å². The van der Waals surface area contributed by atoms with Gasteiger partial charge in [0.2, 0.25) is 5.91 Å². The highest BCUT2D eigenvalue weighted by Crippen LogP contribution is 2.24. The third kappa shape index (κ3) is 4.56. The summed E-state index contributed by atoms with van der Waals surface area (Å²) in [7, 11) is 0. The first-order valence-corrected chi connectivity index (χ1v) is 9.37. The van der Waals surface area contributed by atoms with E-state index >= 15 is 0 Å². The normalized spacial score (nSPS) is 15.9. The zero-order valence-electron chi connectivity index (χ0n) is 15.3. The second-order valence-electron chi connectivity index (χ2n) is 7.03. The Morgan fingerprint density at radius 1 is 1.22 bits per heavy atom. The SMILES string of the molecule is N#C/C(=C/c1cn(CC(N)=O)c2ccccc12)C(=O)NC1CCCCCC1. The molecular formula is C21H24N4O2. The summed E-state index contributed by atoms with van der Waals surface area (Å²) in [6.45, 7) is 0.0461. The van der Waals surface area contributed by atoms with Gasteiger partial charge >= 0.3 is 0 Å². The molecule has 1 aromatic heterocycles. The Balaban J connectivity index is 1.87. The molecule has 0 atom stereocenters. The number of benzene rings is 1. The number of carbonyl (C=O) groups excluding carboxylic acids is 2. The molecule has 0 aliphatic heterocycles. The predicted octanol–water partition coefficient (Wildman–Crippen LogP) is 2.87. The third-order valence-electron chi connectivity index (χ3n) is 5.00. The van der Waals surface area contributed by atoms with Crippen LogP contribution in [0.25, 0.3) is 17.0 Å². The van der Waals surface area contributed by atoms with Crippen LogP contribution in [0.2, 0.25) is 0 Å². The van der Waals surface area contributed by atoms with Crippen LogP contribution in [0.4, 0.5) is 0 Å². The summed E-state index contributed by atoms with van der Waals surface area (Å²) in [6.07, 6.45) is 9.88. The fourth-order valence-electron chi connectivity index (χ4n) is 3.68. The lowest BCUT2D eigenvalue weighted by Crippen LogP contribution is -2.35. The van der Waals surface area contributed by atoms with Crippen LogP contribution in [0.15, 0.2) is 36.0 Å². The topological polar surface area (TPSA) is 101 Å². The van der Waals surface area contributed by atoms with E-state index in [1.165, 1.54) is 12.8 Å². The minimum atomic E-state index is -0.446. The third-order valence-corrected chi connectivity index (χ3v) is 5.00. The maximum atomic E-state index is 12.6. The molecule has 0 spiro atoms. The fourth-order valence-corrected chi connectivity index (χ4v) is 3.68. The fraction of sp³-hybridized carbons (Fsp3) is 0.381. The van der Waals surface area contributed by atoms with Gasteiger partial charge in [-0.15, -0.1) is 0 Å². The maximum Gasteiger partial charge on any atom is 0.262 e. The summed E-state index contributed by atoms with van der Waals surface area (Å²) in [5.41, 5.74) is 6.95. The lowest BCUT2D eigenvalue weighted by molar-refractivity contribution is -0.119. The molecule has 27 heavy (non-hydrogen) atoms. The number of nitriles is 1. The summed E-state index contributed by atoms with van der Waals surface area (Å²) in [5.74, 6) is -0.783. The summed E-state index contributed by atoms with van der Waals surface area (Å²) >= 11 is 0. The molecule has 6 heteroatoms. The summed E-state index contributed by atoms with van der Waals surface area (Å²) < 4.78 is 1.74. The lowest BCUT2D eigenvalue weighted by atomic mass is 10.1. The van der Waals surface area contributed by atoms with Gasteiger partial charge in [0.25, 0.3) is 5.91 Å². The Morgan fingerprint density at radius 2 is 1.93 bits per heavy atom. The Morgan fingerprint density at radius 3 is 2.59 bits per heavy atom. The molecule has 0 unspecified atom stereocenters. The number of primary amides is 1. The number of hydrogen-bond acceptors (Lipinski definition) is 3. The molecule has 1 aliphatic carbocycles. The van der Waals surface area contributed by atoms with E-state index in [9.17, 15) is 14.9 Å². The van der Waals surface area contributed by atoms with Crippen molar-refractivity contribution in [1.82, 2.24) is 9.88 Å². The van der Waals surface area contributed by atoms with Gasteiger partial charge in [-0.3, -0.25) is 9.59 Å². The molecule has 1 aliphatic rings. The van der Waals surface area contributed by atoms with Crippen molar-refractivity contribution in [3.05, 3.63) is 41.6 Å². The molecule has 3 N–H and O–H groups in total. The number of carbonyl (C=O) groups is 2. The van der Waals surface area contributed by atoms with Crippen molar-refractivity contribution in [2.75, 3.05) is 0 Å². The highest BCUT2D eigenvalue weighted by molar-refractivity contribution is 6.04. The number of aromatic nitrogens is 1. The molecular weight excluding hydrogens is 340 g/mol. The Hall–Kier alpha value is -3.07. The van der Waals surface area contributed by atoms with Gasteiger partial charge < -0.3 is 15.6 Å². The van der Waals surface area contributed by atoms with E-state index in [0.717, 1.165) is 42.1 Å². The van der Waals surface area contributed by atoms with Gasteiger partial charge in [0, 0.05) is 28.7 Å². The van der Waals surface area contributed by atoms with E-state index in [0.29, 0.717) is 0 Å². The molecule has 3 rings (SSSR count). The van der Waals surface area contributed by atoms with E-state index in [4.69, 9.17) is 5.73 Å². The van der Waals surface area contributed by atoms with E-state index < -0.39 is 5.91 Å². The van der Waals surface area contributed by atoms with Gasteiger partial charge in [0.05, 0.1) is 0 Å². The van der Waals surface area contributed by atoms with Gasteiger partial charge in [-0.05, 0) is 25.0 Å². The van der Waals surface area contributed by atoms with Crippen molar-refractivity contribution in [3.8, 4) is 6.07 Å². The maximum absolute atomic E-state index is 12.6. The van der Waals surface area contributed by atoms with Gasteiger partial charge in [0.1, 0.15) is 18.2 Å². The number of nitrogens with zero attached hydrogens (tertiary/aromatic N) is 2. The number of para-hydroxylation sites is 1. The van der Waals surface area contributed by atoms with Crippen molar-refractivity contribution >= 4 is 28.8 Å². The van der Waals surface area contributed by atoms with Gasteiger partial charge in [-0.2, -0.15) is 5.26 Å². The predicted molar refractivity (Wildman–Crippen MR) is 104 cm³/mol. The minimum absolute atomic E-state index is 0.0461. The van der Waals surface area contributed by atoms with E-state index in [-0.39, 0.29) is 24.1 Å². The zero-order chi connectivity index (χ0) is 19.2. The zero-order valence-corrected chi connectivity index (χ0v) is 15.3. The van der Waals surface area contributed by atoms with Crippen molar-refractivity contribution in [2.24, 2.45) is 5.73 Å². The van der Waals surface area contributed by atoms with E-state index in [1.54, 1.807) is 16.8 Å². The molecule has 6 nitrogen and oxygen atoms in total. The number of fused-ring (bicyclic) bond motifs is 1. The Bertz CT molecular complexity index is 912. The highest BCUT2D eigenvalue weighted by atomic mass is 16.2. The number of rotatable bonds is 5. The average Bonchev–Trinajstić information content (AvgIpc) is 2.81. The van der Waals surface area contributed by atoms with E-state index in [1.807, 2.05) is 30.3 Å². The molecule has 1 fully saturated rings.